The Morgan fingerprint density at radius 3 is 2.84 bits per heavy atom. The van der Waals surface area contributed by atoms with Gasteiger partial charge in [-0.05, 0) is 30.7 Å². The number of aliphatic hydroxyl groups excluding tert-OH is 1. The van der Waals surface area contributed by atoms with Crippen LogP contribution in [-0.2, 0) is 6.61 Å². The van der Waals surface area contributed by atoms with Gasteiger partial charge in [0.25, 0.3) is 5.91 Å². The number of benzene rings is 1. The van der Waals surface area contributed by atoms with E-state index in [0.717, 1.165) is 16.9 Å². The van der Waals surface area contributed by atoms with Gasteiger partial charge in [0.2, 0.25) is 0 Å². The van der Waals surface area contributed by atoms with Gasteiger partial charge >= 0.3 is 0 Å². The summed E-state index contributed by atoms with van der Waals surface area (Å²) in [4.78, 5) is 18.6. The largest absolute Gasteiger partial charge is 0.486 e. The second-order valence-electron chi connectivity index (χ2n) is 6.35. The van der Waals surface area contributed by atoms with Gasteiger partial charge in [-0.3, -0.25) is 4.79 Å². The van der Waals surface area contributed by atoms with Crippen molar-refractivity contribution in [2.75, 3.05) is 13.1 Å². The molecule has 0 aliphatic carbocycles. The zero-order valence-electron chi connectivity index (χ0n) is 13.9. The third kappa shape index (κ3) is 3.08. The van der Waals surface area contributed by atoms with Crippen molar-refractivity contribution in [3.63, 3.8) is 0 Å². The lowest BCUT2D eigenvalue weighted by Gasteiger charge is -2.36. The van der Waals surface area contributed by atoms with Crippen molar-refractivity contribution >= 4 is 11.6 Å². The molecule has 25 heavy (non-hydrogen) atoms. The number of aromatic nitrogens is 2. The number of ether oxygens (including phenoxy) is 1. The van der Waals surface area contributed by atoms with E-state index in [0.29, 0.717) is 24.4 Å². The van der Waals surface area contributed by atoms with Crippen LogP contribution in [0.2, 0.25) is 0 Å². The van der Waals surface area contributed by atoms with E-state index >= 15 is 0 Å². The number of nitrogens with zero attached hydrogens (tertiary/aromatic N) is 3. The topological polar surface area (TPSA) is 67.1 Å². The summed E-state index contributed by atoms with van der Waals surface area (Å²) in [7, 11) is 0. The molecule has 0 bridgehead atoms. The number of hydrogen-bond acceptors (Lipinski definition) is 4. The molecule has 1 aromatic carbocycles. The van der Waals surface area contributed by atoms with Crippen LogP contribution in [0.5, 0.6) is 5.75 Å². The predicted octanol–water partition coefficient (Wildman–Crippen LogP) is 2.04. The first-order valence-electron chi connectivity index (χ1n) is 8.23. The number of pyridine rings is 1. The maximum atomic E-state index is 12.5. The van der Waals surface area contributed by atoms with E-state index in [1.54, 1.807) is 17.0 Å². The lowest BCUT2D eigenvalue weighted by Crippen LogP contribution is -2.53. The zero-order chi connectivity index (χ0) is 17.4. The molecule has 6 heteroatoms. The summed E-state index contributed by atoms with van der Waals surface area (Å²) in [5.74, 6) is 0.411. The van der Waals surface area contributed by atoms with Crippen molar-refractivity contribution in [3.05, 3.63) is 65.6 Å². The SMILES string of the molecule is Cc1ccc2nc(COc3ccccc3C(=O)N3CC(O)C3)cn2c1. The minimum Gasteiger partial charge on any atom is -0.486 e. The van der Waals surface area contributed by atoms with Crippen LogP contribution in [0.15, 0.2) is 48.8 Å². The fourth-order valence-corrected chi connectivity index (χ4v) is 2.94. The zero-order valence-corrected chi connectivity index (χ0v) is 13.9. The van der Waals surface area contributed by atoms with Gasteiger partial charge in [-0.1, -0.05) is 18.2 Å². The molecule has 2 aromatic heterocycles. The Morgan fingerprint density at radius 1 is 1.24 bits per heavy atom. The smallest absolute Gasteiger partial charge is 0.257 e. The van der Waals surface area contributed by atoms with E-state index in [1.165, 1.54) is 0 Å². The lowest BCUT2D eigenvalue weighted by molar-refractivity contribution is 0.00563. The molecule has 3 aromatic rings. The number of likely N-dealkylation sites (tertiary alicyclic amines) is 1. The number of imidazole rings is 1. The summed E-state index contributed by atoms with van der Waals surface area (Å²) >= 11 is 0. The summed E-state index contributed by atoms with van der Waals surface area (Å²) in [5, 5.41) is 9.39. The number of carbonyl (C=O) groups excluding carboxylic acids is 1. The van der Waals surface area contributed by atoms with Crippen LogP contribution in [0.1, 0.15) is 21.6 Å². The van der Waals surface area contributed by atoms with E-state index in [9.17, 15) is 9.90 Å². The Kier molecular flexibility index (Phi) is 3.89. The average Bonchev–Trinajstić information content (AvgIpc) is 2.99. The fraction of sp³-hybridized carbons (Fsp3) is 0.263. The Balaban J connectivity index is 1.51. The quantitative estimate of drug-likeness (QED) is 0.791. The molecular formula is C19H19N3O3. The molecule has 0 saturated carbocycles. The van der Waals surface area contributed by atoms with Gasteiger partial charge in [-0.25, -0.2) is 4.98 Å². The first-order valence-corrected chi connectivity index (χ1v) is 8.23. The standard InChI is InChI=1S/C19H19N3O3/c1-13-6-7-18-20-14(9-21(18)8-13)12-25-17-5-3-2-4-16(17)19(24)22-10-15(23)11-22/h2-9,15,23H,10-12H2,1H3. The van der Waals surface area contributed by atoms with Crippen molar-refractivity contribution in [1.29, 1.82) is 0 Å². The summed E-state index contributed by atoms with van der Waals surface area (Å²) in [5.41, 5.74) is 3.33. The molecular weight excluding hydrogens is 318 g/mol. The highest BCUT2D eigenvalue weighted by Crippen LogP contribution is 2.23. The molecule has 0 spiro atoms. The van der Waals surface area contributed by atoms with E-state index in [4.69, 9.17) is 4.74 Å². The Morgan fingerprint density at radius 2 is 2.04 bits per heavy atom. The van der Waals surface area contributed by atoms with Gasteiger partial charge < -0.3 is 19.1 Å². The summed E-state index contributed by atoms with van der Waals surface area (Å²) < 4.78 is 7.83. The van der Waals surface area contributed by atoms with Gasteiger partial charge in [0.1, 0.15) is 18.0 Å². The molecule has 3 heterocycles. The van der Waals surface area contributed by atoms with E-state index in [2.05, 4.69) is 4.98 Å². The van der Waals surface area contributed by atoms with Crippen molar-refractivity contribution in [1.82, 2.24) is 14.3 Å². The summed E-state index contributed by atoms with van der Waals surface area (Å²) in [6.45, 7) is 3.07. The monoisotopic (exact) mass is 337 g/mol. The Labute approximate surface area is 145 Å². The molecule has 1 aliphatic heterocycles. The Hall–Kier alpha value is -2.86. The molecule has 0 radical (unpaired) electrons. The second-order valence-corrected chi connectivity index (χ2v) is 6.35. The summed E-state index contributed by atoms with van der Waals surface area (Å²) in [6.07, 6.45) is 3.52. The van der Waals surface area contributed by atoms with Gasteiger partial charge in [-0.2, -0.15) is 0 Å². The van der Waals surface area contributed by atoms with Crippen LogP contribution in [0.4, 0.5) is 0 Å². The number of β-amino-alcohol motifs (C(OH)–C–C–N with tert-alkyl or cyclic N) is 1. The average molecular weight is 337 g/mol. The van der Waals surface area contributed by atoms with Gasteiger partial charge in [0, 0.05) is 25.5 Å². The van der Waals surface area contributed by atoms with Crippen LogP contribution < -0.4 is 4.74 Å². The van der Waals surface area contributed by atoms with Crippen LogP contribution >= 0.6 is 0 Å². The highest BCUT2D eigenvalue weighted by atomic mass is 16.5. The maximum absolute atomic E-state index is 12.5. The number of amides is 1. The van der Waals surface area contributed by atoms with Gasteiger partial charge in [0.05, 0.1) is 17.4 Å². The summed E-state index contributed by atoms with van der Waals surface area (Å²) in [6, 6.07) is 11.2. The number of carbonyl (C=O) groups is 1. The van der Waals surface area contributed by atoms with Crippen LogP contribution in [0.25, 0.3) is 5.65 Å². The molecule has 1 N–H and O–H groups in total. The number of hydrogen-bond donors (Lipinski definition) is 1. The number of para-hydroxylation sites is 1. The first kappa shape index (κ1) is 15.7. The number of aliphatic hydroxyl groups is 1. The Bertz CT molecular complexity index is 929. The molecule has 1 saturated heterocycles. The third-order valence-electron chi connectivity index (χ3n) is 4.29. The molecule has 0 atom stereocenters. The van der Waals surface area contributed by atoms with Crippen LogP contribution in [0, 0.1) is 6.92 Å². The van der Waals surface area contributed by atoms with E-state index < -0.39 is 6.10 Å². The molecule has 1 amide bonds. The number of rotatable bonds is 4. The van der Waals surface area contributed by atoms with Crippen LogP contribution in [-0.4, -0.2) is 44.5 Å². The lowest BCUT2D eigenvalue weighted by atomic mass is 10.1. The minimum atomic E-state index is -0.418. The molecule has 0 unspecified atom stereocenters. The molecule has 6 nitrogen and oxygen atoms in total. The van der Waals surface area contributed by atoms with Crippen molar-refractivity contribution < 1.29 is 14.6 Å². The van der Waals surface area contributed by atoms with Crippen molar-refractivity contribution in [3.8, 4) is 5.75 Å². The highest BCUT2D eigenvalue weighted by Gasteiger charge is 2.30. The molecule has 1 aliphatic rings. The van der Waals surface area contributed by atoms with Gasteiger partial charge in [-0.15, -0.1) is 0 Å². The van der Waals surface area contributed by atoms with E-state index in [1.807, 2.05) is 48.0 Å². The van der Waals surface area contributed by atoms with Crippen molar-refractivity contribution in [2.24, 2.45) is 0 Å². The first-order chi connectivity index (χ1) is 12.1. The normalized spacial score (nSPS) is 14.6. The van der Waals surface area contributed by atoms with E-state index in [-0.39, 0.29) is 12.5 Å². The third-order valence-corrected chi connectivity index (χ3v) is 4.29. The number of fused-ring (bicyclic) bond motifs is 1. The second kappa shape index (κ2) is 6.22. The number of aryl methyl sites for hydroxylation is 1. The molecule has 4 rings (SSSR count). The van der Waals surface area contributed by atoms with Crippen molar-refractivity contribution in [2.45, 2.75) is 19.6 Å². The van der Waals surface area contributed by atoms with Gasteiger partial charge in [0.15, 0.2) is 0 Å². The van der Waals surface area contributed by atoms with Crippen LogP contribution in [0.3, 0.4) is 0 Å². The molecule has 128 valence electrons. The molecule has 1 fully saturated rings. The maximum Gasteiger partial charge on any atom is 0.257 e. The minimum absolute atomic E-state index is 0.119. The highest BCUT2D eigenvalue weighted by molar-refractivity contribution is 5.97. The fourth-order valence-electron chi connectivity index (χ4n) is 2.94. The predicted molar refractivity (Wildman–Crippen MR) is 92.6 cm³/mol.